The number of hydrogen-bond acceptors (Lipinski definition) is 8. The van der Waals surface area contributed by atoms with Crippen molar-refractivity contribution in [2.75, 3.05) is 30.0 Å². The highest BCUT2D eigenvalue weighted by Gasteiger charge is 2.27. The Hall–Kier alpha value is -4.63. The molecule has 1 fully saturated rings. The third kappa shape index (κ3) is 5.00. The molecule has 0 bridgehead atoms. The number of primary amides is 1. The number of hydrogen-bond donors (Lipinski definition) is 3. The second-order valence-corrected chi connectivity index (χ2v) is 10.0. The molecular weight excluding hydrogens is 583 g/mol. The summed E-state index contributed by atoms with van der Waals surface area (Å²) in [6, 6.07) is 2.10. The van der Waals surface area contributed by atoms with Crippen LogP contribution in [0, 0.1) is 17.6 Å². The lowest BCUT2D eigenvalue weighted by Gasteiger charge is -2.34. The number of rotatable bonds is 6. The predicted molar refractivity (Wildman–Crippen MR) is 146 cm³/mol. The minimum absolute atomic E-state index is 0.0684. The Morgan fingerprint density at radius 3 is 2.67 bits per heavy atom. The summed E-state index contributed by atoms with van der Waals surface area (Å²) >= 11 is 6.10. The number of ether oxygens (including phenoxy) is 1. The number of halogens is 4. The van der Waals surface area contributed by atoms with Gasteiger partial charge in [0.25, 0.3) is 11.5 Å². The largest absolute Gasteiger partial charge is 0.504 e. The van der Waals surface area contributed by atoms with Crippen LogP contribution in [0.4, 0.5) is 24.7 Å². The number of nitrogens with two attached hydrogens (primary N) is 1. The third-order valence-electron chi connectivity index (χ3n) is 6.83. The highest BCUT2D eigenvalue weighted by Crippen LogP contribution is 2.36. The normalized spacial score (nSPS) is 15.3. The number of aromatic hydroxyl groups is 1. The standard InChI is InChI=1S/C26H23ClF3N7O5/c1-11-9-42-4-3-37(11)16-6-15(19(27)23(30)34-16)33-17(38)8-36-7-14(18-25(36)32-10-35(2)26(18)41)12-5-13(24(31)40)22(39)21(29)20(12)28/h5-7,10-11,39H,3-4,8-9H2,1-2H3,(H2,31,40)(H,33,34,38)/t11-/m0/s1. The lowest BCUT2D eigenvalue weighted by molar-refractivity contribution is -0.116. The first kappa shape index (κ1) is 28.9. The van der Waals surface area contributed by atoms with E-state index in [4.69, 9.17) is 22.1 Å². The number of nitrogens with zero attached hydrogens (tertiary/aromatic N) is 5. The van der Waals surface area contributed by atoms with Gasteiger partial charge in [-0.25, -0.2) is 14.4 Å². The molecule has 16 heteroatoms. The molecule has 3 aromatic heterocycles. The van der Waals surface area contributed by atoms with E-state index >= 15 is 4.39 Å². The highest BCUT2D eigenvalue weighted by atomic mass is 35.5. The molecule has 1 aromatic carbocycles. The van der Waals surface area contributed by atoms with E-state index in [1.165, 1.54) is 17.7 Å². The molecule has 42 heavy (non-hydrogen) atoms. The molecule has 4 aromatic rings. The van der Waals surface area contributed by atoms with Gasteiger partial charge in [-0.2, -0.15) is 8.78 Å². The number of carbonyl (C=O) groups is 2. The number of anilines is 2. The molecule has 5 rings (SSSR count). The number of fused-ring (bicyclic) bond motifs is 1. The Kier molecular flexibility index (Phi) is 7.55. The van der Waals surface area contributed by atoms with Gasteiger partial charge in [0.1, 0.15) is 23.0 Å². The minimum Gasteiger partial charge on any atom is -0.504 e. The van der Waals surface area contributed by atoms with Crippen molar-refractivity contribution in [3.8, 4) is 16.9 Å². The van der Waals surface area contributed by atoms with Crippen LogP contribution in [-0.4, -0.2) is 61.8 Å². The molecule has 1 aliphatic rings. The van der Waals surface area contributed by atoms with Crippen LogP contribution in [0.2, 0.25) is 5.02 Å². The molecule has 4 N–H and O–H groups in total. The fraction of sp³-hybridized carbons (Fsp3) is 0.269. The maximum absolute atomic E-state index is 15.0. The minimum atomic E-state index is -1.75. The highest BCUT2D eigenvalue weighted by molar-refractivity contribution is 6.33. The Labute approximate surface area is 240 Å². The van der Waals surface area contributed by atoms with Crippen LogP contribution in [-0.2, 0) is 23.1 Å². The second kappa shape index (κ2) is 11.0. The average molecular weight is 606 g/mol. The van der Waals surface area contributed by atoms with Crippen LogP contribution >= 0.6 is 11.6 Å². The molecule has 0 spiro atoms. The first-order chi connectivity index (χ1) is 19.9. The van der Waals surface area contributed by atoms with Crippen molar-refractivity contribution in [3.63, 3.8) is 0 Å². The van der Waals surface area contributed by atoms with Gasteiger partial charge in [-0.15, -0.1) is 0 Å². The summed E-state index contributed by atoms with van der Waals surface area (Å²) in [4.78, 5) is 47.8. The average Bonchev–Trinajstić information content (AvgIpc) is 3.30. The molecule has 1 atom stereocenters. The van der Waals surface area contributed by atoms with Crippen LogP contribution in [0.3, 0.4) is 0 Å². The number of pyridine rings is 1. The van der Waals surface area contributed by atoms with Crippen molar-refractivity contribution in [1.82, 2.24) is 19.1 Å². The van der Waals surface area contributed by atoms with E-state index in [1.807, 2.05) is 6.92 Å². The molecule has 4 heterocycles. The smallest absolute Gasteiger partial charge is 0.263 e. The van der Waals surface area contributed by atoms with Crippen LogP contribution in [0.5, 0.6) is 5.75 Å². The second-order valence-electron chi connectivity index (χ2n) is 9.64. The van der Waals surface area contributed by atoms with E-state index in [1.54, 1.807) is 4.90 Å². The van der Waals surface area contributed by atoms with Gasteiger partial charge in [0.05, 0.1) is 42.2 Å². The van der Waals surface area contributed by atoms with Gasteiger partial charge in [0, 0.05) is 37.0 Å². The zero-order valence-electron chi connectivity index (χ0n) is 22.1. The van der Waals surface area contributed by atoms with Crippen LogP contribution in [0.25, 0.3) is 22.2 Å². The molecule has 1 saturated heterocycles. The molecule has 0 aliphatic carbocycles. The number of phenols is 1. The van der Waals surface area contributed by atoms with Gasteiger partial charge < -0.3 is 34.9 Å². The summed E-state index contributed by atoms with van der Waals surface area (Å²) in [6.45, 7) is 2.58. The number of aryl methyl sites for hydroxylation is 1. The van der Waals surface area contributed by atoms with E-state index in [-0.39, 0.29) is 34.1 Å². The summed E-state index contributed by atoms with van der Waals surface area (Å²) in [7, 11) is 1.37. The van der Waals surface area contributed by atoms with Crippen molar-refractivity contribution in [2.45, 2.75) is 19.5 Å². The van der Waals surface area contributed by atoms with E-state index in [0.717, 1.165) is 23.2 Å². The SMILES string of the molecule is C[C@H]1COCCN1c1cc(NC(=O)Cn2cc(-c3cc(C(N)=O)c(O)c(F)c3F)c3c(=O)n(C)cnc32)c(Cl)c(F)n1. The molecule has 0 radical (unpaired) electrons. The molecule has 0 saturated carbocycles. The number of morpholine rings is 1. The van der Waals surface area contributed by atoms with Crippen molar-refractivity contribution in [3.05, 3.63) is 63.2 Å². The van der Waals surface area contributed by atoms with Gasteiger partial charge >= 0.3 is 0 Å². The summed E-state index contributed by atoms with van der Waals surface area (Å²) in [6.07, 6.45) is 2.32. The number of nitrogens with one attached hydrogen (secondary N) is 1. The fourth-order valence-electron chi connectivity index (χ4n) is 4.73. The van der Waals surface area contributed by atoms with Crippen molar-refractivity contribution in [2.24, 2.45) is 12.8 Å². The topological polar surface area (TPSA) is 158 Å². The van der Waals surface area contributed by atoms with Crippen LogP contribution in [0.15, 0.2) is 29.5 Å². The quantitative estimate of drug-likeness (QED) is 0.283. The number of benzene rings is 1. The van der Waals surface area contributed by atoms with Crippen molar-refractivity contribution < 1.29 is 32.6 Å². The lowest BCUT2D eigenvalue weighted by Crippen LogP contribution is -2.44. The van der Waals surface area contributed by atoms with E-state index in [9.17, 15) is 28.3 Å². The summed E-state index contributed by atoms with van der Waals surface area (Å²) < 4.78 is 51.9. The molecular formula is C26H23ClF3N7O5. The summed E-state index contributed by atoms with van der Waals surface area (Å²) in [5.74, 6) is -7.34. The Morgan fingerprint density at radius 2 is 1.98 bits per heavy atom. The van der Waals surface area contributed by atoms with Gasteiger partial charge in [-0.3, -0.25) is 14.4 Å². The maximum Gasteiger partial charge on any atom is 0.263 e. The monoisotopic (exact) mass is 605 g/mol. The zero-order chi connectivity index (χ0) is 30.5. The molecule has 2 amide bonds. The summed E-state index contributed by atoms with van der Waals surface area (Å²) in [5, 5.41) is 11.7. The lowest BCUT2D eigenvalue weighted by atomic mass is 10.0. The molecule has 0 unspecified atom stereocenters. The number of aromatic nitrogens is 4. The van der Waals surface area contributed by atoms with Crippen molar-refractivity contribution in [1.29, 1.82) is 0 Å². The Balaban J connectivity index is 1.55. The molecule has 1 aliphatic heterocycles. The third-order valence-corrected chi connectivity index (χ3v) is 7.19. The molecule has 220 valence electrons. The van der Waals surface area contributed by atoms with Gasteiger partial charge in [0.15, 0.2) is 11.6 Å². The van der Waals surface area contributed by atoms with Crippen molar-refractivity contribution >= 4 is 46.0 Å². The van der Waals surface area contributed by atoms with Crippen LogP contribution in [0.1, 0.15) is 17.3 Å². The first-order valence-electron chi connectivity index (χ1n) is 12.4. The van der Waals surface area contributed by atoms with Gasteiger partial charge in [-0.05, 0) is 13.0 Å². The van der Waals surface area contributed by atoms with Gasteiger partial charge in [-0.1, -0.05) is 11.6 Å². The van der Waals surface area contributed by atoms with Crippen LogP contribution < -0.4 is 21.5 Å². The predicted octanol–water partition coefficient (Wildman–Crippen LogP) is 2.54. The van der Waals surface area contributed by atoms with E-state index in [0.29, 0.717) is 19.8 Å². The van der Waals surface area contributed by atoms with E-state index in [2.05, 4.69) is 15.3 Å². The fourth-order valence-corrected chi connectivity index (χ4v) is 4.87. The molecule has 12 nitrogen and oxygen atoms in total. The van der Waals surface area contributed by atoms with Gasteiger partial charge in [0.2, 0.25) is 17.7 Å². The number of amides is 2. The Morgan fingerprint density at radius 1 is 1.24 bits per heavy atom. The maximum atomic E-state index is 15.0. The Bertz CT molecular complexity index is 1830. The first-order valence-corrected chi connectivity index (χ1v) is 12.8. The number of carbonyl (C=O) groups excluding carboxylic acids is 2. The van der Waals surface area contributed by atoms with E-state index < -0.39 is 63.4 Å². The summed E-state index contributed by atoms with van der Waals surface area (Å²) in [5.41, 5.74) is 2.87. The zero-order valence-corrected chi connectivity index (χ0v) is 22.9.